The van der Waals surface area contributed by atoms with Gasteiger partial charge in [-0.1, -0.05) is 6.42 Å². The van der Waals surface area contributed by atoms with E-state index in [0.717, 1.165) is 32.2 Å². The van der Waals surface area contributed by atoms with E-state index in [1.54, 1.807) is 4.31 Å². The second kappa shape index (κ2) is 5.91. The first-order chi connectivity index (χ1) is 9.63. The van der Waals surface area contributed by atoms with Crippen molar-refractivity contribution in [2.45, 2.75) is 51.0 Å². The van der Waals surface area contributed by atoms with Gasteiger partial charge in [0.15, 0.2) is 0 Å². The van der Waals surface area contributed by atoms with Crippen molar-refractivity contribution in [3.8, 4) is 0 Å². The molecule has 0 aromatic heterocycles. The van der Waals surface area contributed by atoms with Crippen LogP contribution in [0.5, 0.6) is 0 Å². The van der Waals surface area contributed by atoms with Crippen molar-refractivity contribution in [2.24, 2.45) is 17.6 Å². The lowest BCUT2D eigenvalue weighted by atomic mass is 9.94. The third-order valence-electron chi connectivity index (χ3n) is 5.47. The van der Waals surface area contributed by atoms with Crippen LogP contribution >= 0.6 is 0 Å². The Morgan fingerprint density at radius 3 is 2.35 bits per heavy atom. The standard InChI is InChI=1S/C14H27N3O2S/c15-11-12-6-9-16(10-7-12)20(18,19)17-8-2-4-13-3-1-5-14(13)17/h12-14H,1-11,15H2. The summed E-state index contributed by atoms with van der Waals surface area (Å²) < 4.78 is 29.3. The maximum absolute atomic E-state index is 12.9. The molecule has 3 rings (SSSR count). The number of nitrogens with zero attached hydrogens (tertiary/aromatic N) is 2. The summed E-state index contributed by atoms with van der Waals surface area (Å²) in [7, 11) is -3.25. The zero-order valence-corrected chi connectivity index (χ0v) is 13.0. The minimum Gasteiger partial charge on any atom is -0.330 e. The van der Waals surface area contributed by atoms with Crippen molar-refractivity contribution < 1.29 is 8.42 Å². The van der Waals surface area contributed by atoms with E-state index in [2.05, 4.69) is 0 Å². The van der Waals surface area contributed by atoms with Crippen LogP contribution in [0.2, 0.25) is 0 Å². The Morgan fingerprint density at radius 2 is 1.65 bits per heavy atom. The van der Waals surface area contributed by atoms with Crippen LogP contribution in [0.15, 0.2) is 0 Å². The molecule has 116 valence electrons. The van der Waals surface area contributed by atoms with Crippen LogP contribution in [0.4, 0.5) is 0 Å². The number of hydrogen-bond acceptors (Lipinski definition) is 3. The molecule has 20 heavy (non-hydrogen) atoms. The van der Waals surface area contributed by atoms with Gasteiger partial charge in [0.25, 0.3) is 10.2 Å². The molecule has 0 radical (unpaired) electrons. The highest BCUT2D eigenvalue weighted by molar-refractivity contribution is 7.86. The molecule has 6 heteroatoms. The van der Waals surface area contributed by atoms with Crippen molar-refractivity contribution >= 4 is 10.2 Å². The lowest BCUT2D eigenvalue weighted by molar-refractivity contribution is 0.179. The summed E-state index contributed by atoms with van der Waals surface area (Å²) in [5.74, 6) is 1.11. The molecular weight excluding hydrogens is 274 g/mol. The van der Waals surface area contributed by atoms with Gasteiger partial charge in [-0.2, -0.15) is 17.0 Å². The molecule has 0 amide bonds. The third-order valence-corrected chi connectivity index (χ3v) is 7.54. The van der Waals surface area contributed by atoms with Gasteiger partial charge in [0.1, 0.15) is 0 Å². The van der Waals surface area contributed by atoms with Gasteiger partial charge in [0.05, 0.1) is 0 Å². The predicted octanol–water partition coefficient (Wildman–Crippen LogP) is 1.17. The van der Waals surface area contributed by atoms with Gasteiger partial charge in [-0.25, -0.2) is 0 Å². The van der Waals surface area contributed by atoms with Gasteiger partial charge in [0, 0.05) is 25.7 Å². The molecular formula is C14H27N3O2S. The Hall–Kier alpha value is -0.170. The van der Waals surface area contributed by atoms with E-state index in [1.807, 2.05) is 4.31 Å². The molecule has 0 aromatic rings. The first-order valence-corrected chi connectivity index (χ1v) is 9.49. The van der Waals surface area contributed by atoms with Gasteiger partial charge in [-0.3, -0.25) is 0 Å². The van der Waals surface area contributed by atoms with E-state index < -0.39 is 10.2 Å². The number of nitrogens with two attached hydrogens (primary N) is 1. The summed E-state index contributed by atoms with van der Waals surface area (Å²) in [4.78, 5) is 0. The summed E-state index contributed by atoms with van der Waals surface area (Å²) >= 11 is 0. The number of fused-ring (bicyclic) bond motifs is 1. The average molecular weight is 301 g/mol. The number of piperidine rings is 2. The zero-order chi connectivity index (χ0) is 14.2. The molecule has 3 aliphatic rings. The average Bonchev–Trinajstić information content (AvgIpc) is 2.95. The molecule has 2 unspecified atom stereocenters. The van der Waals surface area contributed by atoms with E-state index in [0.29, 0.717) is 31.5 Å². The maximum atomic E-state index is 12.9. The summed E-state index contributed by atoms with van der Waals surface area (Å²) in [6.45, 7) is 2.71. The molecule has 0 aromatic carbocycles. The van der Waals surface area contributed by atoms with E-state index in [1.165, 1.54) is 19.3 Å². The third kappa shape index (κ3) is 2.63. The Morgan fingerprint density at radius 1 is 0.950 bits per heavy atom. The van der Waals surface area contributed by atoms with Crippen LogP contribution in [0.25, 0.3) is 0 Å². The monoisotopic (exact) mass is 301 g/mol. The first kappa shape index (κ1) is 14.8. The lowest BCUT2D eigenvalue weighted by Gasteiger charge is -2.41. The zero-order valence-electron chi connectivity index (χ0n) is 12.2. The Balaban J connectivity index is 1.71. The van der Waals surface area contributed by atoms with Gasteiger partial charge >= 0.3 is 0 Å². The fraction of sp³-hybridized carbons (Fsp3) is 1.00. The van der Waals surface area contributed by atoms with Crippen LogP contribution in [-0.2, 0) is 10.2 Å². The molecule has 0 spiro atoms. The highest BCUT2D eigenvalue weighted by Crippen LogP contribution is 2.39. The number of hydrogen-bond donors (Lipinski definition) is 1. The normalized spacial score (nSPS) is 34.2. The SMILES string of the molecule is NCC1CCN(S(=O)(=O)N2CCCC3CCCC32)CC1. The van der Waals surface area contributed by atoms with Gasteiger partial charge in [-0.05, 0) is 56.9 Å². The molecule has 1 aliphatic carbocycles. The fourth-order valence-corrected chi connectivity index (χ4v) is 6.17. The second-order valence-corrected chi connectivity index (χ2v) is 8.48. The van der Waals surface area contributed by atoms with E-state index in [9.17, 15) is 8.42 Å². The van der Waals surface area contributed by atoms with Crippen molar-refractivity contribution in [1.82, 2.24) is 8.61 Å². The highest BCUT2D eigenvalue weighted by atomic mass is 32.2. The molecule has 0 bridgehead atoms. The van der Waals surface area contributed by atoms with Crippen molar-refractivity contribution in [2.75, 3.05) is 26.2 Å². The molecule has 2 heterocycles. The Labute approximate surface area is 122 Å². The summed E-state index contributed by atoms with van der Waals surface area (Å²) in [6.07, 6.45) is 7.53. The van der Waals surface area contributed by atoms with Crippen LogP contribution in [0, 0.1) is 11.8 Å². The molecule has 2 atom stereocenters. The second-order valence-electron chi connectivity index (χ2n) is 6.60. The first-order valence-electron chi connectivity index (χ1n) is 8.10. The minimum atomic E-state index is -3.25. The van der Waals surface area contributed by atoms with Gasteiger partial charge in [0.2, 0.25) is 0 Å². The number of rotatable bonds is 3. The van der Waals surface area contributed by atoms with Crippen molar-refractivity contribution in [3.05, 3.63) is 0 Å². The van der Waals surface area contributed by atoms with Crippen LogP contribution < -0.4 is 5.73 Å². The molecule has 2 N–H and O–H groups in total. The van der Waals surface area contributed by atoms with Crippen LogP contribution in [0.1, 0.15) is 44.9 Å². The Bertz CT molecular complexity index is 432. The van der Waals surface area contributed by atoms with E-state index >= 15 is 0 Å². The molecule has 2 saturated heterocycles. The topological polar surface area (TPSA) is 66.6 Å². The summed E-state index contributed by atoms with van der Waals surface area (Å²) in [5, 5.41) is 0. The van der Waals surface area contributed by atoms with E-state index in [4.69, 9.17) is 5.73 Å². The van der Waals surface area contributed by atoms with Crippen LogP contribution in [-0.4, -0.2) is 49.2 Å². The quantitative estimate of drug-likeness (QED) is 0.851. The largest absolute Gasteiger partial charge is 0.330 e. The van der Waals surface area contributed by atoms with E-state index in [-0.39, 0.29) is 6.04 Å². The van der Waals surface area contributed by atoms with Crippen LogP contribution in [0.3, 0.4) is 0 Å². The molecule has 2 aliphatic heterocycles. The Kier molecular flexibility index (Phi) is 4.36. The smallest absolute Gasteiger partial charge is 0.282 e. The summed E-state index contributed by atoms with van der Waals surface area (Å²) in [6, 6.07) is 0.279. The predicted molar refractivity (Wildman–Crippen MR) is 79.3 cm³/mol. The summed E-state index contributed by atoms with van der Waals surface area (Å²) in [5.41, 5.74) is 5.69. The van der Waals surface area contributed by atoms with Gasteiger partial charge < -0.3 is 5.73 Å². The molecule has 1 saturated carbocycles. The fourth-order valence-electron chi connectivity index (χ4n) is 4.22. The van der Waals surface area contributed by atoms with Gasteiger partial charge in [-0.15, -0.1) is 0 Å². The highest BCUT2D eigenvalue weighted by Gasteiger charge is 2.43. The maximum Gasteiger partial charge on any atom is 0.282 e. The van der Waals surface area contributed by atoms with Crippen molar-refractivity contribution in [1.29, 1.82) is 0 Å². The molecule has 3 fully saturated rings. The van der Waals surface area contributed by atoms with Crippen molar-refractivity contribution in [3.63, 3.8) is 0 Å². The minimum absolute atomic E-state index is 0.279. The molecule has 5 nitrogen and oxygen atoms in total. The lowest BCUT2D eigenvalue weighted by Crippen LogP contribution is -2.53.